The number of ether oxygens (including phenoxy) is 1. The number of aromatic nitrogens is 1. The summed E-state index contributed by atoms with van der Waals surface area (Å²) < 4.78 is 5.61. The number of nitrogens with zero attached hydrogens (tertiary/aromatic N) is 1. The smallest absolute Gasteiger partial charge is 0.213 e. The van der Waals surface area contributed by atoms with Gasteiger partial charge >= 0.3 is 0 Å². The Morgan fingerprint density at radius 3 is 2.82 bits per heavy atom. The van der Waals surface area contributed by atoms with E-state index in [0.29, 0.717) is 6.04 Å². The maximum absolute atomic E-state index is 5.61. The Bertz CT molecular complexity index is 331. The molecule has 3 nitrogen and oxygen atoms in total. The van der Waals surface area contributed by atoms with Crippen LogP contribution in [0.4, 0.5) is 0 Å². The van der Waals surface area contributed by atoms with Crippen LogP contribution in [0.2, 0.25) is 0 Å². The molecule has 1 aliphatic rings. The first-order chi connectivity index (χ1) is 8.24. The SMILES string of the molecule is CC(C)NCc1ccc(OCCC2CC2)nc1. The molecule has 1 N–H and O–H groups in total. The first-order valence-electron chi connectivity index (χ1n) is 6.55. The summed E-state index contributed by atoms with van der Waals surface area (Å²) in [5, 5.41) is 3.37. The average molecular weight is 234 g/mol. The normalized spacial score (nSPS) is 15.2. The van der Waals surface area contributed by atoms with E-state index in [1.54, 1.807) is 0 Å². The summed E-state index contributed by atoms with van der Waals surface area (Å²) in [5.74, 6) is 1.67. The molecule has 0 spiro atoms. The highest BCUT2D eigenvalue weighted by Crippen LogP contribution is 2.32. The molecule has 0 atom stereocenters. The lowest BCUT2D eigenvalue weighted by molar-refractivity contribution is 0.291. The predicted molar refractivity (Wildman–Crippen MR) is 69.0 cm³/mol. The highest BCUT2D eigenvalue weighted by Gasteiger charge is 2.20. The Morgan fingerprint density at radius 2 is 2.24 bits per heavy atom. The fourth-order valence-electron chi connectivity index (χ4n) is 1.66. The van der Waals surface area contributed by atoms with Crippen LogP contribution >= 0.6 is 0 Å². The first kappa shape index (κ1) is 12.4. The highest BCUT2D eigenvalue weighted by molar-refractivity contribution is 5.17. The van der Waals surface area contributed by atoms with Crippen LogP contribution < -0.4 is 10.1 Å². The van der Waals surface area contributed by atoms with Gasteiger partial charge in [0.2, 0.25) is 5.88 Å². The van der Waals surface area contributed by atoms with Crippen LogP contribution in [-0.4, -0.2) is 17.6 Å². The third-order valence-electron chi connectivity index (χ3n) is 2.99. The van der Waals surface area contributed by atoms with Crippen molar-refractivity contribution in [2.75, 3.05) is 6.61 Å². The summed E-state index contributed by atoms with van der Waals surface area (Å²) in [4.78, 5) is 4.31. The van der Waals surface area contributed by atoms with Gasteiger partial charge in [0, 0.05) is 24.8 Å². The van der Waals surface area contributed by atoms with Gasteiger partial charge in [-0.2, -0.15) is 0 Å². The molecule has 0 radical (unpaired) electrons. The van der Waals surface area contributed by atoms with Crippen molar-refractivity contribution < 1.29 is 4.74 Å². The van der Waals surface area contributed by atoms with Gasteiger partial charge in [-0.1, -0.05) is 32.8 Å². The highest BCUT2D eigenvalue weighted by atomic mass is 16.5. The summed E-state index contributed by atoms with van der Waals surface area (Å²) >= 11 is 0. The van der Waals surface area contributed by atoms with E-state index < -0.39 is 0 Å². The molecule has 0 amide bonds. The topological polar surface area (TPSA) is 34.1 Å². The predicted octanol–water partition coefficient (Wildman–Crippen LogP) is 2.76. The molecule has 1 aromatic heterocycles. The van der Waals surface area contributed by atoms with E-state index in [2.05, 4.69) is 30.2 Å². The van der Waals surface area contributed by atoms with Gasteiger partial charge in [0.15, 0.2) is 0 Å². The quantitative estimate of drug-likeness (QED) is 0.787. The Morgan fingerprint density at radius 1 is 1.41 bits per heavy atom. The van der Waals surface area contributed by atoms with Crippen LogP contribution in [0, 0.1) is 5.92 Å². The molecule has 94 valence electrons. The number of hydrogen-bond donors (Lipinski definition) is 1. The van der Waals surface area contributed by atoms with Gasteiger partial charge in [-0.15, -0.1) is 0 Å². The van der Waals surface area contributed by atoms with E-state index in [1.807, 2.05) is 12.3 Å². The average Bonchev–Trinajstić information content (AvgIpc) is 3.12. The fourth-order valence-corrected chi connectivity index (χ4v) is 1.66. The largest absolute Gasteiger partial charge is 0.478 e. The number of rotatable bonds is 7. The van der Waals surface area contributed by atoms with E-state index in [0.717, 1.165) is 24.9 Å². The monoisotopic (exact) mass is 234 g/mol. The van der Waals surface area contributed by atoms with Gasteiger partial charge in [0.25, 0.3) is 0 Å². The molecular formula is C14H22N2O. The van der Waals surface area contributed by atoms with E-state index in [-0.39, 0.29) is 0 Å². The number of hydrogen-bond acceptors (Lipinski definition) is 3. The second-order valence-electron chi connectivity index (χ2n) is 5.12. The Kier molecular flexibility index (Phi) is 4.37. The summed E-state index contributed by atoms with van der Waals surface area (Å²) in [6.07, 6.45) is 5.84. The molecular weight excluding hydrogens is 212 g/mol. The van der Waals surface area contributed by atoms with Crippen LogP contribution in [-0.2, 0) is 6.54 Å². The van der Waals surface area contributed by atoms with E-state index in [1.165, 1.54) is 24.8 Å². The molecule has 0 saturated heterocycles. The van der Waals surface area contributed by atoms with Gasteiger partial charge in [0.1, 0.15) is 0 Å². The summed E-state index contributed by atoms with van der Waals surface area (Å²) in [5.41, 5.74) is 1.20. The van der Waals surface area contributed by atoms with Gasteiger partial charge in [0.05, 0.1) is 6.61 Å². The van der Waals surface area contributed by atoms with E-state index in [4.69, 9.17) is 4.74 Å². The second-order valence-corrected chi connectivity index (χ2v) is 5.12. The molecule has 1 heterocycles. The minimum Gasteiger partial charge on any atom is -0.478 e. The minimum atomic E-state index is 0.504. The van der Waals surface area contributed by atoms with Crippen LogP contribution in [0.3, 0.4) is 0 Å². The zero-order chi connectivity index (χ0) is 12.1. The second kappa shape index (κ2) is 6.01. The van der Waals surface area contributed by atoms with Crippen molar-refractivity contribution in [1.29, 1.82) is 0 Å². The molecule has 2 rings (SSSR count). The third-order valence-corrected chi connectivity index (χ3v) is 2.99. The Balaban J connectivity index is 1.71. The van der Waals surface area contributed by atoms with E-state index >= 15 is 0 Å². The summed E-state index contributed by atoms with van der Waals surface area (Å²) in [7, 11) is 0. The molecule has 1 aromatic rings. The lowest BCUT2D eigenvalue weighted by atomic mass is 10.2. The lowest BCUT2D eigenvalue weighted by Crippen LogP contribution is -2.21. The zero-order valence-electron chi connectivity index (χ0n) is 10.8. The van der Waals surface area contributed by atoms with Crippen LogP contribution in [0.5, 0.6) is 5.88 Å². The molecule has 1 saturated carbocycles. The molecule has 0 bridgehead atoms. The van der Waals surface area contributed by atoms with Crippen molar-refractivity contribution in [3.8, 4) is 5.88 Å². The molecule has 0 aromatic carbocycles. The van der Waals surface area contributed by atoms with Crippen LogP contribution in [0.1, 0.15) is 38.7 Å². The third kappa shape index (κ3) is 4.73. The summed E-state index contributed by atoms with van der Waals surface area (Å²) in [6, 6.07) is 4.54. The molecule has 17 heavy (non-hydrogen) atoms. The standard InChI is InChI=1S/C14H22N2O/c1-11(2)15-9-13-5-6-14(16-10-13)17-8-7-12-3-4-12/h5-6,10-12,15H,3-4,7-9H2,1-2H3. The number of nitrogens with one attached hydrogen (secondary N) is 1. The molecule has 0 unspecified atom stereocenters. The van der Waals surface area contributed by atoms with Crippen molar-refractivity contribution in [2.45, 2.75) is 45.7 Å². The molecule has 1 aliphatic carbocycles. The summed E-state index contributed by atoms with van der Waals surface area (Å²) in [6.45, 7) is 5.96. The van der Waals surface area contributed by atoms with Crippen molar-refractivity contribution in [3.05, 3.63) is 23.9 Å². The molecule has 3 heteroatoms. The van der Waals surface area contributed by atoms with Crippen molar-refractivity contribution >= 4 is 0 Å². The minimum absolute atomic E-state index is 0.504. The lowest BCUT2D eigenvalue weighted by Gasteiger charge is -2.08. The number of pyridine rings is 1. The Hall–Kier alpha value is -1.09. The molecule has 0 aliphatic heterocycles. The maximum atomic E-state index is 5.61. The van der Waals surface area contributed by atoms with E-state index in [9.17, 15) is 0 Å². The molecule has 1 fully saturated rings. The fraction of sp³-hybridized carbons (Fsp3) is 0.643. The van der Waals surface area contributed by atoms with Crippen LogP contribution in [0.15, 0.2) is 18.3 Å². The maximum Gasteiger partial charge on any atom is 0.213 e. The van der Waals surface area contributed by atoms with Crippen molar-refractivity contribution in [1.82, 2.24) is 10.3 Å². The Labute approximate surface area is 104 Å². The van der Waals surface area contributed by atoms with Crippen molar-refractivity contribution in [3.63, 3.8) is 0 Å². The van der Waals surface area contributed by atoms with Crippen LogP contribution in [0.25, 0.3) is 0 Å². The first-order valence-corrected chi connectivity index (χ1v) is 6.55. The van der Waals surface area contributed by atoms with Gasteiger partial charge in [-0.05, 0) is 17.9 Å². The van der Waals surface area contributed by atoms with Gasteiger partial charge in [-0.3, -0.25) is 0 Å². The van der Waals surface area contributed by atoms with Crippen molar-refractivity contribution in [2.24, 2.45) is 5.92 Å². The van der Waals surface area contributed by atoms with Gasteiger partial charge in [-0.25, -0.2) is 4.98 Å². The van der Waals surface area contributed by atoms with Gasteiger partial charge < -0.3 is 10.1 Å². The zero-order valence-corrected chi connectivity index (χ0v) is 10.8.